The molecule has 0 bridgehead atoms. The smallest absolute Gasteiger partial charge is 0.333 e. The maximum absolute atomic E-state index is 11.4. The van der Waals surface area contributed by atoms with E-state index in [1.54, 1.807) is 11.7 Å². The Morgan fingerprint density at radius 3 is 2.48 bits per heavy atom. The number of carbonyl (C=O) groups excluding carboxylic acids is 1. The van der Waals surface area contributed by atoms with E-state index < -0.39 is 0 Å². The van der Waals surface area contributed by atoms with Crippen LogP contribution in [0.15, 0.2) is 54.6 Å². The highest BCUT2D eigenvalue weighted by molar-refractivity contribution is 5.86. The predicted molar refractivity (Wildman–Crippen MR) is 97.7 cm³/mol. The van der Waals surface area contributed by atoms with E-state index in [0.29, 0.717) is 12.2 Å². The number of fused-ring (bicyclic) bond motifs is 1. The molecule has 0 aliphatic rings. The molecular weight excluding hydrogens is 314 g/mol. The molecule has 5 heteroatoms. The molecule has 0 aliphatic carbocycles. The molecule has 25 heavy (non-hydrogen) atoms. The van der Waals surface area contributed by atoms with Gasteiger partial charge in [0.1, 0.15) is 11.0 Å². The second-order valence-electron chi connectivity index (χ2n) is 6.13. The summed E-state index contributed by atoms with van der Waals surface area (Å²) in [4.78, 5) is 13.1. The lowest BCUT2D eigenvalue weighted by Gasteiger charge is -2.10. The molecule has 0 saturated heterocycles. The lowest BCUT2D eigenvalue weighted by atomic mass is 10.1. The molecule has 0 unspecified atom stereocenters. The van der Waals surface area contributed by atoms with Crippen molar-refractivity contribution in [2.24, 2.45) is 0 Å². The molecule has 3 rings (SSSR count). The number of aromatic nitrogens is 3. The third kappa shape index (κ3) is 3.94. The average molecular weight is 335 g/mol. The fourth-order valence-corrected chi connectivity index (χ4v) is 2.59. The van der Waals surface area contributed by atoms with E-state index in [1.807, 2.05) is 31.2 Å². The Labute approximate surface area is 146 Å². The summed E-state index contributed by atoms with van der Waals surface area (Å²) in [5.41, 5.74) is 5.38. The van der Waals surface area contributed by atoms with Gasteiger partial charge < -0.3 is 4.74 Å². The van der Waals surface area contributed by atoms with Crippen molar-refractivity contribution in [2.45, 2.75) is 26.7 Å². The quantitative estimate of drug-likeness (QED) is 0.391. The first-order chi connectivity index (χ1) is 12.0. The average Bonchev–Trinajstić information content (AvgIpc) is 3.03. The molecular formula is C20H21N3O2. The van der Waals surface area contributed by atoms with Crippen LogP contribution < -0.4 is 0 Å². The first-order valence-electron chi connectivity index (χ1n) is 8.29. The minimum absolute atomic E-state index is 0.343. The molecule has 0 atom stereocenters. The van der Waals surface area contributed by atoms with E-state index in [2.05, 4.69) is 35.0 Å². The monoisotopic (exact) mass is 335 g/mol. The molecule has 0 saturated carbocycles. The van der Waals surface area contributed by atoms with Gasteiger partial charge >= 0.3 is 5.97 Å². The van der Waals surface area contributed by atoms with Crippen LogP contribution in [0, 0.1) is 6.92 Å². The molecule has 1 heterocycles. The number of esters is 1. The fourth-order valence-electron chi connectivity index (χ4n) is 2.59. The lowest BCUT2D eigenvalue weighted by molar-refractivity contribution is -0.139. The molecule has 0 spiro atoms. The molecule has 0 aliphatic heterocycles. The van der Waals surface area contributed by atoms with Gasteiger partial charge in [-0.3, -0.25) is 0 Å². The summed E-state index contributed by atoms with van der Waals surface area (Å²) in [5, 5.41) is 9.15. The van der Waals surface area contributed by atoms with Crippen LogP contribution in [0.3, 0.4) is 0 Å². The highest BCUT2D eigenvalue weighted by atomic mass is 16.5. The Kier molecular flexibility index (Phi) is 4.93. The van der Waals surface area contributed by atoms with Gasteiger partial charge in [-0.05, 0) is 56.0 Å². The number of nitrogens with zero attached hydrogens (tertiary/aromatic N) is 3. The first kappa shape index (κ1) is 16.9. The van der Waals surface area contributed by atoms with Gasteiger partial charge in [0.2, 0.25) is 0 Å². The Balaban J connectivity index is 1.78. The van der Waals surface area contributed by atoms with Gasteiger partial charge in [0, 0.05) is 5.57 Å². The minimum Gasteiger partial charge on any atom is -0.462 e. The van der Waals surface area contributed by atoms with E-state index in [4.69, 9.17) is 4.74 Å². The number of rotatable bonds is 6. The van der Waals surface area contributed by atoms with E-state index in [0.717, 1.165) is 40.7 Å². The second-order valence-corrected chi connectivity index (χ2v) is 6.13. The van der Waals surface area contributed by atoms with Crippen LogP contribution in [0.2, 0.25) is 0 Å². The maximum Gasteiger partial charge on any atom is 0.333 e. The van der Waals surface area contributed by atoms with E-state index in [9.17, 15) is 4.79 Å². The molecule has 3 aromatic rings. The van der Waals surface area contributed by atoms with Crippen molar-refractivity contribution < 1.29 is 9.53 Å². The van der Waals surface area contributed by atoms with E-state index in [1.165, 1.54) is 0 Å². The number of hydrogen-bond donors (Lipinski definition) is 0. The molecule has 0 fully saturated rings. The highest BCUT2D eigenvalue weighted by Crippen LogP contribution is 2.19. The van der Waals surface area contributed by atoms with Crippen molar-refractivity contribution in [2.75, 3.05) is 6.61 Å². The molecule has 0 N–H and O–H groups in total. The Bertz CT molecular complexity index is 895. The molecule has 0 amide bonds. The maximum atomic E-state index is 11.4. The van der Waals surface area contributed by atoms with Gasteiger partial charge in [0.15, 0.2) is 0 Å². The van der Waals surface area contributed by atoms with Crippen molar-refractivity contribution in [3.63, 3.8) is 0 Å². The van der Waals surface area contributed by atoms with Gasteiger partial charge in [-0.25, -0.2) is 4.79 Å². The number of hydrogen-bond acceptors (Lipinski definition) is 4. The number of ether oxygens (including phenoxy) is 1. The Morgan fingerprint density at radius 2 is 1.84 bits per heavy atom. The number of carbonyl (C=O) groups is 1. The molecule has 5 nitrogen and oxygen atoms in total. The summed E-state index contributed by atoms with van der Waals surface area (Å²) in [6.07, 6.45) is 1.51. The van der Waals surface area contributed by atoms with Crippen molar-refractivity contribution in [3.05, 3.63) is 65.7 Å². The van der Waals surface area contributed by atoms with Crippen molar-refractivity contribution in [1.82, 2.24) is 15.0 Å². The zero-order valence-corrected chi connectivity index (χ0v) is 14.5. The van der Waals surface area contributed by atoms with E-state index in [-0.39, 0.29) is 5.97 Å². The summed E-state index contributed by atoms with van der Waals surface area (Å²) in [6, 6.07) is 14.0. The molecule has 1 aromatic heterocycles. The lowest BCUT2D eigenvalue weighted by Crippen LogP contribution is -2.08. The minimum atomic E-state index is -0.343. The number of benzene rings is 2. The largest absolute Gasteiger partial charge is 0.462 e. The zero-order chi connectivity index (χ0) is 17.8. The SMILES string of the molecule is C=C(C)C(=O)OCCCc1ccc(C)cc1-n1nc2ccccc2n1. The highest BCUT2D eigenvalue weighted by Gasteiger charge is 2.10. The predicted octanol–water partition coefficient (Wildman–Crippen LogP) is 3.78. The van der Waals surface area contributed by atoms with Crippen LogP contribution in [0.1, 0.15) is 24.5 Å². The van der Waals surface area contributed by atoms with Crippen LogP contribution in [-0.4, -0.2) is 27.6 Å². The van der Waals surface area contributed by atoms with Crippen LogP contribution in [0.4, 0.5) is 0 Å². The van der Waals surface area contributed by atoms with Gasteiger partial charge in [-0.2, -0.15) is 4.80 Å². The fraction of sp³-hybridized carbons (Fsp3) is 0.250. The first-order valence-corrected chi connectivity index (χ1v) is 8.29. The topological polar surface area (TPSA) is 57.0 Å². The molecule has 128 valence electrons. The van der Waals surface area contributed by atoms with Gasteiger partial charge in [0.05, 0.1) is 12.3 Å². The number of aryl methyl sites for hydroxylation is 2. The molecule has 0 radical (unpaired) electrons. The van der Waals surface area contributed by atoms with E-state index >= 15 is 0 Å². The Hall–Kier alpha value is -2.95. The summed E-state index contributed by atoms with van der Waals surface area (Å²) in [6.45, 7) is 7.64. The Morgan fingerprint density at radius 1 is 1.16 bits per heavy atom. The van der Waals surface area contributed by atoms with Gasteiger partial charge in [0.25, 0.3) is 0 Å². The summed E-state index contributed by atoms with van der Waals surface area (Å²) in [7, 11) is 0. The normalized spacial score (nSPS) is 10.8. The molecule has 2 aromatic carbocycles. The van der Waals surface area contributed by atoms with Crippen molar-refractivity contribution in [3.8, 4) is 5.69 Å². The summed E-state index contributed by atoms with van der Waals surface area (Å²) in [5.74, 6) is -0.343. The summed E-state index contributed by atoms with van der Waals surface area (Å²) < 4.78 is 5.17. The van der Waals surface area contributed by atoms with Crippen LogP contribution in [0.25, 0.3) is 16.7 Å². The van der Waals surface area contributed by atoms with Crippen LogP contribution in [-0.2, 0) is 16.0 Å². The van der Waals surface area contributed by atoms with Gasteiger partial charge in [-0.1, -0.05) is 30.8 Å². The second kappa shape index (κ2) is 7.30. The van der Waals surface area contributed by atoms with Crippen LogP contribution in [0.5, 0.6) is 0 Å². The third-order valence-corrected chi connectivity index (χ3v) is 3.91. The van der Waals surface area contributed by atoms with Gasteiger partial charge in [-0.15, -0.1) is 10.2 Å². The van der Waals surface area contributed by atoms with Crippen molar-refractivity contribution in [1.29, 1.82) is 0 Å². The van der Waals surface area contributed by atoms with Crippen LogP contribution >= 0.6 is 0 Å². The van der Waals surface area contributed by atoms with Crippen molar-refractivity contribution >= 4 is 17.0 Å². The summed E-state index contributed by atoms with van der Waals surface area (Å²) >= 11 is 0. The zero-order valence-electron chi connectivity index (χ0n) is 14.5. The third-order valence-electron chi connectivity index (χ3n) is 3.91. The standard InChI is InChI=1S/C20H21N3O2/c1-14(2)20(24)25-12-6-7-16-11-10-15(3)13-19(16)23-21-17-8-4-5-9-18(17)22-23/h4-5,8-11,13H,1,6-7,12H2,2-3H3.